The van der Waals surface area contributed by atoms with E-state index in [9.17, 15) is 8.78 Å². The van der Waals surface area contributed by atoms with Crippen LogP contribution in [0.2, 0.25) is 5.02 Å². The SMILES string of the molecule is Cc1ccc(Nc2c(F)cc(N)cc2F)cc1Cl. The van der Waals surface area contributed by atoms with E-state index in [1.807, 2.05) is 6.92 Å². The largest absolute Gasteiger partial charge is 0.399 e. The topological polar surface area (TPSA) is 38.0 Å². The molecule has 0 aliphatic rings. The predicted octanol–water partition coefficient (Wildman–Crippen LogP) is 4.25. The highest BCUT2D eigenvalue weighted by molar-refractivity contribution is 6.31. The third-order valence-electron chi connectivity index (χ3n) is 2.51. The minimum absolute atomic E-state index is 0.0393. The Labute approximate surface area is 108 Å². The maximum Gasteiger partial charge on any atom is 0.151 e. The van der Waals surface area contributed by atoms with E-state index in [0.717, 1.165) is 17.7 Å². The first-order valence-corrected chi connectivity index (χ1v) is 5.63. The summed E-state index contributed by atoms with van der Waals surface area (Å²) in [6, 6.07) is 7.17. The summed E-state index contributed by atoms with van der Waals surface area (Å²) in [6.07, 6.45) is 0. The summed E-state index contributed by atoms with van der Waals surface area (Å²) in [4.78, 5) is 0. The molecule has 0 fully saturated rings. The summed E-state index contributed by atoms with van der Waals surface area (Å²) in [5, 5.41) is 3.17. The van der Waals surface area contributed by atoms with Gasteiger partial charge in [-0.15, -0.1) is 0 Å². The van der Waals surface area contributed by atoms with Crippen LogP contribution in [0.3, 0.4) is 0 Å². The van der Waals surface area contributed by atoms with Gasteiger partial charge in [0.15, 0.2) is 11.6 Å². The lowest BCUT2D eigenvalue weighted by atomic mass is 10.2. The van der Waals surface area contributed by atoms with Crippen LogP contribution in [0.1, 0.15) is 5.56 Å². The van der Waals surface area contributed by atoms with Crippen LogP contribution >= 0.6 is 11.6 Å². The molecule has 0 saturated heterocycles. The second-order valence-corrected chi connectivity index (χ2v) is 4.36. The molecule has 2 rings (SSSR count). The Morgan fingerprint density at radius 2 is 1.72 bits per heavy atom. The second kappa shape index (κ2) is 4.82. The van der Waals surface area contributed by atoms with Crippen molar-refractivity contribution < 1.29 is 8.78 Å². The third kappa shape index (κ3) is 2.54. The Morgan fingerprint density at radius 3 is 2.28 bits per heavy atom. The number of hydrogen-bond acceptors (Lipinski definition) is 2. The average molecular weight is 269 g/mol. The molecule has 94 valence electrons. The van der Waals surface area contributed by atoms with Gasteiger partial charge in [-0.1, -0.05) is 17.7 Å². The lowest BCUT2D eigenvalue weighted by molar-refractivity contribution is 0.592. The van der Waals surface area contributed by atoms with Crippen molar-refractivity contribution in [2.75, 3.05) is 11.1 Å². The molecule has 0 bridgehead atoms. The number of anilines is 3. The van der Waals surface area contributed by atoms with Crippen molar-refractivity contribution in [3.05, 3.63) is 52.6 Å². The van der Waals surface area contributed by atoms with E-state index < -0.39 is 11.6 Å². The van der Waals surface area contributed by atoms with Crippen LogP contribution < -0.4 is 11.1 Å². The zero-order valence-corrected chi connectivity index (χ0v) is 10.4. The number of aryl methyl sites for hydroxylation is 1. The van der Waals surface area contributed by atoms with Gasteiger partial charge in [-0.3, -0.25) is 0 Å². The fraction of sp³-hybridized carbons (Fsp3) is 0.0769. The predicted molar refractivity (Wildman–Crippen MR) is 70.2 cm³/mol. The second-order valence-electron chi connectivity index (χ2n) is 3.95. The van der Waals surface area contributed by atoms with Crippen molar-refractivity contribution in [1.29, 1.82) is 0 Å². The van der Waals surface area contributed by atoms with Crippen molar-refractivity contribution in [2.24, 2.45) is 0 Å². The molecule has 0 saturated carbocycles. The molecule has 3 N–H and O–H groups in total. The van der Waals surface area contributed by atoms with E-state index in [1.165, 1.54) is 0 Å². The van der Waals surface area contributed by atoms with E-state index in [2.05, 4.69) is 5.32 Å². The monoisotopic (exact) mass is 268 g/mol. The smallest absolute Gasteiger partial charge is 0.151 e. The fourth-order valence-electron chi connectivity index (χ4n) is 1.53. The van der Waals surface area contributed by atoms with E-state index in [-0.39, 0.29) is 11.4 Å². The van der Waals surface area contributed by atoms with Crippen LogP contribution in [0.25, 0.3) is 0 Å². The number of hydrogen-bond donors (Lipinski definition) is 2. The first-order chi connectivity index (χ1) is 8.47. The zero-order valence-electron chi connectivity index (χ0n) is 9.60. The van der Waals surface area contributed by atoms with Crippen LogP contribution in [-0.4, -0.2) is 0 Å². The Balaban J connectivity index is 2.37. The van der Waals surface area contributed by atoms with Gasteiger partial charge in [0.25, 0.3) is 0 Å². The molecule has 0 radical (unpaired) electrons. The molecule has 2 nitrogen and oxygen atoms in total. The molecule has 0 aromatic heterocycles. The number of halogens is 3. The molecule has 18 heavy (non-hydrogen) atoms. The van der Waals surface area contributed by atoms with Crippen LogP contribution in [-0.2, 0) is 0 Å². The molecule has 0 heterocycles. The molecule has 0 atom stereocenters. The van der Waals surface area contributed by atoms with Crippen LogP contribution in [0.5, 0.6) is 0 Å². The first-order valence-electron chi connectivity index (χ1n) is 5.25. The van der Waals surface area contributed by atoms with E-state index in [1.54, 1.807) is 18.2 Å². The van der Waals surface area contributed by atoms with Gasteiger partial charge in [-0.25, -0.2) is 8.78 Å². The first kappa shape index (κ1) is 12.6. The minimum atomic E-state index is -0.746. The van der Waals surface area contributed by atoms with Crippen LogP contribution in [0, 0.1) is 18.6 Å². The Bertz CT molecular complexity index is 577. The number of rotatable bonds is 2. The summed E-state index contributed by atoms with van der Waals surface area (Å²) >= 11 is 5.94. The van der Waals surface area contributed by atoms with Gasteiger partial charge in [0.05, 0.1) is 0 Å². The van der Waals surface area contributed by atoms with Gasteiger partial charge in [-0.2, -0.15) is 0 Å². The van der Waals surface area contributed by atoms with Gasteiger partial charge < -0.3 is 11.1 Å². The summed E-state index contributed by atoms with van der Waals surface area (Å²) in [5.74, 6) is -1.49. The molecule has 0 spiro atoms. The van der Waals surface area contributed by atoms with E-state index in [0.29, 0.717) is 10.7 Å². The molecule has 2 aromatic rings. The van der Waals surface area contributed by atoms with Gasteiger partial charge in [0.2, 0.25) is 0 Å². The summed E-state index contributed by atoms with van der Waals surface area (Å²) in [5.41, 5.74) is 6.53. The highest BCUT2D eigenvalue weighted by atomic mass is 35.5. The molecule has 0 aliphatic carbocycles. The minimum Gasteiger partial charge on any atom is -0.399 e. The maximum absolute atomic E-state index is 13.6. The van der Waals surface area contributed by atoms with Crippen molar-refractivity contribution in [2.45, 2.75) is 6.92 Å². The molecule has 5 heteroatoms. The zero-order chi connectivity index (χ0) is 13.3. The van der Waals surface area contributed by atoms with Gasteiger partial charge in [0.1, 0.15) is 5.69 Å². The van der Waals surface area contributed by atoms with Crippen molar-refractivity contribution >= 4 is 28.7 Å². The van der Waals surface area contributed by atoms with Crippen LogP contribution in [0.4, 0.5) is 25.8 Å². The number of nitrogens with two attached hydrogens (primary N) is 1. The molecular weight excluding hydrogens is 258 g/mol. The quantitative estimate of drug-likeness (QED) is 0.799. The Morgan fingerprint density at radius 1 is 1.11 bits per heavy atom. The van der Waals surface area contributed by atoms with Gasteiger partial charge in [-0.05, 0) is 36.8 Å². The molecule has 0 unspecified atom stereocenters. The standard InChI is InChI=1S/C13H11ClF2N2/c1-7-2-3-9(6-10(7)14)18-13-11(15)4-8(17)5-12(13)16/h2-6,18H,17H2,1H3. The van der Waals surface area contributed by atoms with Gasteiger partial charge in [0, 0.05) is 16.4 Å². The van der Waals surface area contributed by atoms with E-state index in [4.69, 9.17) is 17.3 Å². The molecular formula is C13H11ClF2N2. The van der Waals surface area contributed by atoms with Crippen LogP contribution in [0.15, 0.2) is 30.3 Å². The van der Waals surface area contributed by atoms with Gasteiger partial charge >= 0.3 is 0 Å². The highest BCUT2D eigenvalue weighted by Crippen LogP contribution is 2.27. The Hall–Kier alpha value is -1.81. The normalized spacial score (nSPS) is 10.4. The molecule has 0 aliphatic heterocycles. The highest BCUT2D eigenvalue weighted by Gasteiger charge is 2.10. The number of nitrogen functional groups attached to an aromatic ring is 1. The van der Waals surface area contributed by atoms with Crippen molar-refractivity contribution in [1.82, 2.24) is 0 Å². The molecule has 0 amide bonds. The van der Waals surface area contributed by atoms with Crippen molar-refractivity contribution in [3.8, 4) is 0 Å². The fourth-order valence-corrected chi connectivity index (χ4v) is 1.71. The summed E-state index contributed by atoms with van der Waals surface area (Å²) < 4.78 is 27.1. The number of nitrogens with one attached hydrogen (secondary N) is 1. The summed E-state index contributed by atoms with van der Waals surface area (Å²) in [7, 11) is 0. The lowest BCUT2D eigenvalue weighted by Crippen LogP contribution is -1.99. The third-order valence-corrected chi connectivity index (χ3v) is 2.91. The van der Waals surface area contributed by atoms with Crippen molar-refractivity contribution in [3.63, 3.8) is 0 Å². The molecule has 2 aromatic carbocycles. The average Bonchev–Trinajstić information content (AvgIpc) is 2.28. The summed E-state index contributed by atoms with van der Waals surface area (Å²) in [6.45, 7) is 1.84. The lowest BCUT2D eigenvalue weighted by Gasteiger charge is -2.10. The van der Waals surface area contributed by atoms with E-state index >= 15 is 0 Å². The Kier molecular flexibility index (Phi) is 3.39. The maximum atomic E-state index is 13.6. The number of benzene rings is 2.